The highest BCUT2D eigenvalue weighted by Gasteiger charge is 2.27. The number of Topliss-reactive ketones (excluding diaryl/α,β-unsaturated/α-hetero) is 1. The van der Waals surface area contributed by atoms with Gasteiger partial charge in [0.25, 0.3) is 0 Å². The number of ether oxygens (including phenoxy) is 1. The molecule has 1 aliphatic heterocycles. The van der Waals surface area contributed by atoms with Gasteiger partial charge in [-0.1, -0.05) is 30.3 Å². The number of carbonyl (C=O) groups excluding carboxylic acids is 2. The Morgan fingerprint density at radius 3 is 2.48 bits per heavy atom. The molecule has 4 rings (SSSR count). The van der Waals surface area contributed by atoms with E-state index in [0.717, 1.165) is 18.1 Å². The number of hydrogen-bond donors (Lipinski definition) is 1. The van der Waals surface area contributed by atoms with Crippen molar-refractivity contribution in [2.45, 2.75) is 25.8 Å². The molecule has 172 valence electrons. The van der Waals surface area contributed by atoms with E-state index in [1.54, 1.807) is 30.3 Å². The van der Waals surface area contributed by atoms with Gasteiger partial charge in [-0.05, 0) is 42.7 Å². The lowest BCUT2D eigenvalue weighted by Gasteiger charge is -2.31. The number of piperidine rings is 1. The number of aromatic nitrogens is 2. The maximum absolute atomic E-state index is 12.8. The third kappa shape index (κ3) is 5.80. The Hall–Kier alpha value is -3.61. The Bertz CT molecular complexity index is 1050. The van der Waals surface area contributed by atoms with Gasteiger partial charge in [0.05, 0.1) is 7.11 Å². The van der Waals surface area contributed by atoms with Crippen LogP contribution in [-0.4, -0.2) is 53.0 Å². The van der Waals surface area contributed by atoms with Gasteiger partial charge in [0.2, 0.25) is 0 Å². The summed E-state index contributed by atoms with van der Waals surface area (Å²) < 4.78 is 7.26. The van der Waals surface area contributed by atoms with Crippen molar-refractivity contribution in [2.24, 2.45) is 5.92 Å². The molecule has 0 bridgehead atoms. The fourth-order valence-corrected chi connectivity index (χ4v) is 4.22. The normalized spacial score (nSPS) is 14.2. The van der Waals surface area contributed by atoms with E-state index in [1.807, 2.05) is 36.5 Å². The Kier molecular flexibility index (Phi) is 7.40. The van der Waals surface area contributed by atoms with Crippen LogP contribution in [0, 0.1) is 5.92 Å². The first-order chi connectivity index (χ1) is 16.1. The number of likely N-dealkylation sites (tertiary alicyclic amines) is 1. The van der Waals surface area contributed by atoms with Crippen LogP contribution in [-0.2, 0) is 13.0 Å². The van der Waals surface area contributed by atoms with E-state index in [4.69, 9.17) is 4.74 Å². The van der Waals surface area contributed by atoms with Crippen molar-refractivity contribution in [2.75, 3.05) is 26.7 Å². The van der Waals surface area contributed by atoms with E-state index in [2.05, 4.69) is 27.0 Å². The Morgan fingerprint density at radius 2 is 1.79 bits per heavy atom. The van der Waals surface area contributed by atoms with Crippen LogP contribution >= 0.6 is 0 Å². The molecule has 2 amide bonds. The molecule has 0 spiro atoms. The molecule has 2 aromatic carbocycles. The zero-order valence-electron chi connectivity index (χ0n) is 18.9. The fraction of sp³-hybridized carbons (Fsp3) is 0.346. The number of rotatable bonds is 8. The summed E-state index contributed by atoms with van der Waals surface area (Å²) in [5.74, 6) is 1.78. The molecular formula is C26H30N4O3. The van der Waals surface area contributed by atoms with E-state index in [-0.39, 0.29) is 17.7 Å². The van der Waals surface area contributed by atoms with E-state index in [0.29, 0.717) is 44.5 Å². The van der Waals surface area contributed by atoms with Gasteiger partial charge in [0.15, 0.2) is 5.78 Å². The largest absolute Gasteiger partial charge is 0.497 e. The van der Waals surface area contributed by atoms with Crippen molar-refractivity contribution in [3.63, 3.8) is 0 Å². The maximum Gasteiger partial charge on any atom is 0.317 e. The molecular weight excluding hydrogens is 416 g/mol. The molecule has 1 saturated heterocycles. The first-order valence-corrected chi connectivity index (χ1v) is 11.4. The van der Waals surface area contributed by atoms with Crippen LogP contribution in [0.2, 0.25) is 0 Å². The van der Waals surface area contributed by atoms with E-state index >= 15 is 0 Å². The van der Waals surface area contributed by atoms with Crippen LogP contribution in [0.1, 0.15) is 34.6 Å². The summed E-state index contributed by atoms with van der Waals surface area (Å²) in [5.41, 5.74) is 1.91. The molecule has 2 heterocycles. The molecule has 1 N–H and O–H groups in total. The number of ketones is 1. The first kappa shape index (κ1) is 22.6. The number of nitrogens with zero attached hydrogens (tertiary/aromatic N) is 3. The van der Waals surface area contributed by atoms with E-state index in [1.165, 1.54) is 5.56 Å². The SMILES string of the molecule is COc1ccc(C(=O)C2CCN(C(=O)NCCc3nccn3Cc3ccccc3)CC2)cc1. The second-order valence-electron chi connectivity index (χ2n) is 8.29. The minimum absolute atomic E-state index is 0.0482. The molecule has 0 aliphatic carbocycles. The number of hydrogen-bond acceptors (Lipinski definition) is 4. The lowest BCUT2D eigenvalue weighted by molar-refractivity contribution is 0.0854. The van der Waals surface area contributed by atoms with Crippen molar-refractivity contribution in [1.82, 2.24) is 19.8 Å². The van der Waals surface area contributed by atoms with Gasteiger partial charge >= 0.3 is 6.03 Å². The van der Waals surface area contributed by atoms with Crippen LogP contribution in [0.4, 0.5) is 4.79 Å². The minimum Gasteiger partial charge on any atom is -0.497 e. The van der Waals surface area contributed by atoms with Crippen LogP contribution < -0.4 is 10.1 Å². The average molecular weight is 447 g/mol. The number of imidazole rings is 1. The third-order valence-electron chi connectivity index (χ3n) is 6.15. The second-order valence-corrected chi connectivity index (χ2v) is 8.29. The quantitative estimate of drug-likeness (QED) is 0.534. The topological polar surface area (TPSA) is 76.5 Å². The van der Waals surface area contributed by atoms with Gasteiger partial charge in [-0.25, -0.2) is 9.78 Å². The van der Waals surface area contributed by atoms with Crippen LogP contribution in [0.25, 0.3) is 0 Å². The smallest absolute Gasteiger partial charge is 0.317 e. The van der Waals surface area contributed by atoms with Crippen molar-refractivity contribution >= 4 is 11.8 Å². The number of benzene rings is 2. The standard InChI is InChI=1S/C26H30N4O3/c1-33-23-9-7-21(8-10-23)25(31)22-12-16-29(17-13-22)26(32)28-14-11-24-27-15-18-30(24)19-20-5-3-2-4-6-20/h2-10,15,18,22H,11-14,16-17,19H2,1H3,(H,28,32). The Labute approximate surface area is 194 Å². The van der Waals surface area contributed by atoms with Gasteiger partial charge < -0.3 is 19.5 Å². The van der Waals surface area contributed by atoms with Crippen molar-refractivity contribution in [3.8, 4) is 5.75 Å². The molecule has 33 heavy (non-hydrogen) atoms. The highest BCUT2D eigenvalue weighted by Crippen LogP contribution is 2.23. The lowest BCUT2D eigenvalue weighted by Crippen LogP contribution is -2.46. The van der Waals surface area contributed by atoms with Crippen LogP contribution in [0.5, 0.6) is 5.75 Å². The fourth-order valence-electron chi connectivity index (χ4n) is 4.22. The predicted molar refractivity (Wildman–Crippen MR) is 126 cm³/mol. The van der Waals surface area contributed by atoms with Crippen molar-refractivity contribution in [3.05, 3.63) is 83.9 Å². The highest BCUT2D eigenvalue weighted by molar-refractivity contribution is 5.98. The molecule has 1 aromatic heterocycles. The van der Waals surface area contributed by atoms with Crippen molar-refractivity contribution < 1.29 is 14.3 Å². The van der Waals surface area contributed by atoms with Gasteiger partial charge in [-0.2, -0.15) is 0 Å². The van der Waals surface area contributed by atoms with E-state index in [9.17, 15) is 9.59 Å². The molecule has 7 nitrogen and oxygen atoms in total. The average Bonchev–Trinajstić information content (AvgIpc) is 3.31. The van der Waals surface area contributed by atoms with Gasteiger partial charge in [-0.15, -0.1) is 0 Å². The Balaban J connectivity index is 1.21. The molecule has 0 saturated carbocycles. The molecule has 1 fully saturated rings. The summed E-state index contributed by atoms with van der Waals surface area (Å²) in [6.45, 7) is 2.46. The van der Waals surface area contributed by atoms with Crippen molar-refractivity contribution in [1.29, 1.82) is 0 Å². The molecule has 0 unspecified atom stereocenters. The maximum atomic E-state index is 12.8. The number of nitrogens with one attached hydrogen (secondary N) is 1. The van der Waals surface area contributed by atoms with Gasteiger partial charge in [0, 0.05) is 56.5 Å². The number of urea groups is 1. The summed E-state index contributed by atoms with van der Waals surface area (Å²) >= 11 is 0. The predicted octanol–water partition coefficient (Wildman–Crippen LogP) is 3.79. The first-order valence-electron chi connectivity index (χ1n) is 11.4. The molecule has 1 aliphatic rings. The summed E-state index contributed by atoms with van der Waals surface area (Å²) in [7, 11) is 1.61. The molecule has 3 aromatic rings. The number of amides is 2. The number of methoxy groups -OCH3 is 1. The third-order valence-corrected chi connectivity index (χ3v) is 6.15. The number of carbonyl (C=O) groups is 2. The zero-order valence-corrected chi connectivity index (χ0v) is 18.9. The summed E-state index contributed by atoms with van der Waals surface area (Å²) in [5, 5.41) is 3.00. The minimum atomic E-state index is -0.0773. The lowest BCUT2D eigenvalue weighted by atomic mass is 9.89. The Morgan fingerprint density at radius 1 is 1.06 bits per heavy atom. The highest BCUT2D eigenvalue weighted by atomic mass is 16.5. The van der Waals surface area contributed by atoms with Crippen LogP contribution in [0.3, 0.4) is 0 Å². The second kappa shape index (κ2) is 10.8. The van der Waals surface area contributed by atoms with Gasteiger partial charge in [0.1, 0.15) is 11.6 Å². The molecule has 0 radical (unpaired) electrons. The summed E-state index contributed by atoms with van der Waals surface area (Å²) in [4.78, 5) is 31.6. The molecule has 0 atom stereocenters. The summed E-state index contributed by atoms with van der Waals surface area (Å²) in [6, 6.07) is 17.4. The van der Waals surface area contributed by atoms with E-state index < -0.39 is 0 Å². The zero-order chi connectivity index (χ0) is 23.0. The summed E-state index contributed by atoms with van der Waals surface area (Å²) in [6.07, 6.45) is 5.79. The van der Waals surface area contributed by atoms with Crippen LogP contribution in [0.15, 0.2) is 67.0 Å². The molecule has 7 heteroatoms. The monoisotopic (exact) mass is 446 g/mol. The van der Waals surface area contributed by atoms with Gasteiger partial charge in [-0.3, -0.25) is 4.79 Å².